The van der Waals surface area contributed by atoms with Crippen molar-refractivity contribution >= 4 is 21.7 Å². The van der Waals surface area contributed by atoms with E-state index in [1.54, 1.807) is 12.1 Å². The molecule has 104 valence electrons. The summed E-state index contributed by atoms with van der Waals surface area (Å²) in [5.41, 5.74) is 0.797. The third-order valence-electron chi connectivity index (χ3n) is 2.56. The number of benzene rings is 1. The summed E-state index contributed by atoms with van der Waals surface area (Å²) in [6.45, 7) is 1.84. The van der Waals surface area contributed by atoms with Crippen LogP contribution < -0.4 is 9.83 Å². The fraction of sp³-hybridized carbons (Fsp3) is 0.0769. The Balaban J connectivity index is 2.31. The van der Waals surface area contributed by atoms with Gasteiger partial charge in [0.05, 0.1) is 22.7 Å². The van der Waals surface area contributed by atoms with Gasteiger partial charge in [-0.05, 0) is 25.1 Å². The molecule has 1 aromatic heterocycles. The molecule has 0 spiro atoms. The fourth-order valence-electron chi connectivity index (χ4n) is 1.54. The molecular formula is C13H11N2O4S-. The Hall–Kier alpha value is -2.41. The van der Waals surface area contributed by atoms with Crippen LogP contribution in [0.2, 0.25) is 0 Å². The molecule has 0 aliphatic rings. The summed E-state index contributed by atoms with van der Waals surface area (Å²) in [5.74, 6) is -1.42. The number of nitrogens with zero attached hydrogens (tertiary/aromatic N) is 1. The van der Waals surface area contributed by atoms with Gasteiger partial charge in [-0.15, -0.1) is 0 Å². The third-order valence-corrected chi connectivity index (χ3v) is 3.95. The number of anilines is 1. The van der Waals surface area contributed by atoms with Crippen molar-refractivity contribution < 1.29 is 18.3 Å². The smallest absolute Gasteiger partial charge is 0.261 e. The minimum Gasteiger partial charge on any atom is -0.545 e. The van der Waals surface area contributed by atoms with Crippen LogP contribution in [0.5, 0.6) is 0 Å². The Kier molecular flexibility index (Phi) is 3.71. The Bertz CT molecular complexity index is 739. The van der Waals surface area contributed by atoms with Crippen LogP contribution in [0.3, 0.4) is 0 Å². The third kappa shape index (κ3) is 3.12. The highest BCUT2D eigenvalue weighted by atomic mass is 32.2. The molecule has 1 heterocycles. The van der Waals surface area contributed by atoms with Crippen LogP contribution in [0, 0.1) is 6.92 Å². The maximum atomic E-state index is 12.1. The second-order valence-corrected chi connectivity index (χ2v) is 5.85. The first-order chi connectivity index (χ1) is 9.38. The number of aromatic carboxylic acids is 1. The van der Waals surface area contributed by atoms with Crippen LogP contribution in [0.15, 0.2) is 47.6 Å². The summed E-state index contributed by atoms with van der Waals surface area (Å²) in [4.78, 5) is 14.4. The van der Waals surface area contributed by atoms with Crippen LogP contribution in [0.1, 0.15) is 15.9 Å². The van der Waals surface area contributed by atoms with Gasteiger partial charge in [-0.3, -0.25) is 9.71 Å². The molecule has 1 aromatic carbocycles. The molecule has 7 heteroatoms. The van der Waals surface area contributed by atoms with E-state index in [0.717, 1.165) is 17.8 Å². The zero-order valence-electron chi connectivity index (χ0n) is 10.5. The van der Waals surface area contributed by atoms with Gasteiger partial charge in [0.15, 0.2) is 0 Å². The lowest BCUT2D eigenvalue weighted by molar-refractivity contribution is -0.255. The Morgan fingerprint density at radius 1 is 1.20 bits per heavy atom. The molecule has 2 aromatic rings. The molecule has 20 heavy (non-hydrogen) atoms. The number of pyridine rings is 1. The maximum Gasteiger partial charge on any atom is 0.261 e. The lowest BCUT2D eigenvalue weighted by Gasteiger charge is -2.09. The van der Waals surface area contributed by atoms with E-state index in [0.29, 0.717) is 0 Å². The number of hydrogen-bond donors (Lipinski definition) is 1. The summed E-state index contributed by atoms with van der Waals surface area (Å²) in [7, 11) is -3.78. The standard InChI is InChI=1S/C13H12N2O4S/c1-9-2-4-12(5-3-9)20(18,19)15-11-6-10(13(16)17)7-14-8-11/h2-8,15H,1H3,(H,16,17)/p-1. The predicted molar refractivity (Wildman–Crippen MR) is 70.6 cm³/mol. The van der Waals surface area contributed by atoms with Gasteiger partial charge in [-0.2, -0.15) is 0 Å². The first kappa shape index (κ1) is 14.0. The second-order valence-electron chi connectivity index (χ2n) is 4.17. The zero-order chi connectivity index (χ0) is 14.8. The van der Waals surface area contributed by atoms with Crippen molar-refractivity contribution in [3.8, 4) is 0 Å². The highest BCUT2D eigenvalue weighted by Crippen LogP contribution is 2.16. The van der Waals surface area contributed by atoms with Gasteiger partial charge in [-0.25, -0.2) is 8.42 Å². The molecule has 0 bridgehead atoms. The van der Waals surface area contributed by atoms with Gasteiger partial charge >= 0.3 is 0 Å². The number of sulfonamides is 1. The summed E-state index contributed by atoms with van der Waals surface area (Å²) >= 11 is 0. The molecule has 2 rings (SSSR count). The second kappa shape index (κ2) is 5.30. The van der Waals surface area contributed by atoms with Crippen LogP contribution in [-0.4, -0.2) is 19.4 Å². The predicted octanol–water partition coefficient (Wildman–Crippen LogP) is 0.554. The van der Waals surface area contributed by atoms with Crippen molar-refractivity contribution in [1.29, 1.82) is 0 Å². The largest absolute Gasteiger partial charge is 0.545 e. The number of aromatic nitrogens is 1. The molecule has 0 fully saturated rings. The topological polar surface area (TPSA) is 99.2 Å². The van der Waals surface area contributed by atoms with E-state index in [9.17, 15) is 18.3 Å². The molecule has 0 unspecified atom stereocenters. The SMILES string of the molecule is Cc1ccc(S(=O)(=O)Nc2cncc(C(=O)[O-])c2)cc1. The minimum absolute atomic E-state index is 0.0623. The van der Waals surface area contributed by atoms with Gasteiger partial charge in [-0.1, -0.05) is 17.7 Å². The molecule has 0 aliphatic heterocycles. The van der Waals surface area contributed by atoms with Gasteiger partial charge in [0.1, 0.15) is 0 Å². The molecule has 0 aliphatic carbocycles. The van der Waals surface area contributed by atoms with Gasteiger partial charge in [0.2, 0.25) is 0 Å². The fourth-order valence-corrected chi connectivity index (χ4v) is 2.57. The van der Waals surface area contributed by atoms with E-state index >= 15 is 0 Å². The van der Waals surface area contributed by atoms with E-state index in [4.69, 9.17) is 0 Å². The highest BCUT2D eigenvalue weighted by molar-refractivity contribution is 7.92. The van der Waals surface area contributed by atoms with E-state index < -0.39 is 16.0 Å². The minimum atomic E-state index is -3.78. The number of carbonyl (C=O) groups excluding carboxylic acids is 1. The van der Waals surface area contributed by atoms with E-state index in [2.05, 4.69) is 9.71 Å². The van der Waals surface area contributed by atoms with Crippen molar-refractivity contribution in [2.24, 2.45) is 0 Å². The quantitative estimate of drug-likeness (QED) is 0.887. The van der Waals surface area contributed by atoms with E-state index in [-0.39, 0.29) is 16.1 Å². The van der Waals surface area contributed by atoms with Crippen LogP contribution in [-0.2, 0) is 10.0 Å². The number of carboxylic acid groups (broad SMARTS) is 1. The lowest BCUT2D eigenvalue weighted by Crippen LogP contribution is -2.22. The molecular weight excluding hydrogens is 280 g/mol. The highest BCUT2D eigenvalue weighted by Gasteiger charge is 2.14. The number of aryl methyl sites for hydroxylation is 1. The molecule has 0 radical (unpaired) electrons. The molecule has 0 atom stereocenters. The van der Waals surface area contributed by atoms with Crippen molar-refractivity contribution in [2.75, 3.05) is 4.72 Å². The molecule has 1 N–H and O–H groups in total. The van der Waals surface area contributed by atoms with Crippen LogP contribution in [0.4, 0.5) is 5.69 Å². The Labute approximate surface area is 116 Å². The Morgan fingerprint density at radius 3 is 2.45 bits per heavy atom. The summed E-state index contributed by atoms with van der Waals surface area (Å²) in [6.07, 6.45) is 2.30. The van der Waals surface area contributed by atoms with Crippen molar-refractivity contribution in [1.82, 2.24) is 4.98 Å². The van der Waals surface area contributed by atoms with Crippen molar-refractivity contribution in [2.45, 2.75) is 11.8 Å². The number of rotatable bonds is 4. The molecule has 6 nitrogen and oxygen atoms in total. The van der Waals surface area contributed by atoms with Crippen molar-refractivity contribution in [3.05, 3.63) is 53.9 Å². The van der Waals surface area contributed by atoms with Gasteiger partial charge < -0.3 is 9.90 Å². The first-order valence-corrected chi connectivity index (χ1v) is 7.13. The number of carbonyl (C=O) groups is 1. The average Bonchev–Trinajstić information content (AvgIpc) is 2.39. The van der Waals surface area contributed by atoms with Gasteiger partial charge in [0.25, 0.3) is 10.0 Å². The zero-order valence-corrected chi connectivity index (χ0v) is 11.3. The monoisotopic (exact) mass is 291 g/mol. The first-order valence-electron chi connectivity index (χ1n) is 5.64. The number of carboxylic acids is 1. The Morgan fingerprint density at radius 2 is 1.85 bits per heavy atom. The normalized spacial score (nSPS) is 11.1. The molecule has 0 amide bonds. The van der Waals surface area contributed by atoms with Crippen LogP contribution >= 0.6 is 0 Å². The van der Waals surface area contributed by atoms with Crippen molar-refractivity contribution in [3.63, 3.8) is 0 Å². The summed E-state index contributed by atoms with van der Waals surface area (Å²) in [5, 5.41) is 10.7. The number of hydrogen-bond acceptors (Lipinski definition) is 5. The van der Waals surface area contributed by atoms with Crippen LogP contribution in [0.25, 0.3) is 0 Å². The summed E-state index contributed by atoms with van der Waals surface area (Å²) < 4.78 is 26.5. The van der Waals surface area contributed by atoms with E-state index in [1.807, 2.05) is 6.92 Å². The summed E-state index contributed by atoms with van der Waals surface area (Å²) in [6, 6.07) is 7.42. The van der Waals surface area contributed by atoms with E-state index in [1.165, 1.54) is 18.3 Å². The molecule has 0 saturated heterocycles. The lowest BCUT2D eigenvalue weighted by atomic mass is 10.2. The number of nitrogens with one attached hydrogen (secondary N) is 1. The maximum absolute atomic E-state index is 12.1. The van der Waals surface area contributed by atoms with Gasteiger partial charge in [0, 0.05) is 11.8 Å². The molecule has 0 saturated carbocycles. The average molecular weight is 291 g/mol.